The van der Waals surface area contributed by atoms with Crippen LogP contribution in [0.5, 0.6) is 0 Å². The fourth-order valence-corrected chi connectivity index (χ4v) is 6.40. The highest BCUT2D eigenvalue weighted by Gasteiger charge is 2.32. The van der Waals surface area contributed by atoms with Crippen LogP contribution in [0.25, 0.3) is 10.8 Å². The van der Waals surface area contributed by atoms with Gasteiger partial charge in [0.1, 0.15) is 0 Å². The van der Waals surface area contributed by atoms with Crippen LogP contribution >= 0.6 is 0 Å². The van der Waals surface area contributed by atoms with E-state index >= 15 is 8.78 Å². The van der Waals surface area contributed by atoms with E-state index in [1.54, 1.807) is 0 Å². The van der Waals surface area contributed by atoms with Crippen molar-refractivity contribution in [3.05, 3.63) is 47.0 Å². The second-order valence-electron chi connectivity index (χ2n) is 10.4. The van der Waals surface area contributed by atoms with E-state index in [-0.39, 0.29) is 5.92 Å². The summed E-state index contributed by atoms with van der Waals surface area (Å²) in [5, 5.41) is 1.31. The van der Waals surface area contributed by atoms with E-state index < -0.39 is 11.6 Å². The number of halogens is 2. The van der Waals surface area contributed by atoms with Crippen molar-refractivity contribution in [1.29, 1.82) is 0 Å². The first kappa shape index (κ1) is 22.7. The van der Waals surface area contributed by atoms with Gasteiger partial charge in [-0.3, -0.25) is 0 Å². The number of hydrogen-bond acceptors (Lipinski definition) is 0. The molecule has 0 atom stereocenters. The lowest BCUT2D eigenvalue weighted by Crippen LogP contribution is -2.25. The summed E-state index contributed by atoms with van der Waals surface area (Å²) in [6.45, 7) is 4.50. The molecule has 2 heteroatoms. The molecule has 2 aromatic rings. The highest BCUT2D eigenvalue weighted by Crippen LogP contribution is 2.45. The molecule has 4 rings (SSSR count). The molecule has 2 saturated carbocycles. The van der Waals surface area contributed by atoms with Gasteiger partial charge in [0, 0.05) is 5.39 Å². The maximum absolute atomic E-state index is 15.1. The smallest absolute Gasteiger partial charge is 0.166 e. The fourth-order valence-electron chi connectivity index (χ4n) is 6.40. The van der Waals surface area contributed by atoms with Gasteiger partial charge in [-0.05, 0) is 104 Å². The van der Waals surface area contributed by atoms with E-state index in [2.05, 4.69) is 19.9 Å². The van der Waals surface area contributed by atoms with Crippen molar-refractivity contribution in [3.8, 4) is 0 Å². The Morgan fingerprint density at radius 3 is 2.10 bits per heavy atom. The first-order chi connectivity index (χ1) is 15.1. The summed E-state index contributed by atoms with van der Waals surface area (Å²) in [6.07, 6.45) is 15.7. The SMILES string of the molecule is CCCCCc1ccc2cc(C3CCC(C4CCC(CC)CC4)CC3)c(F)c(F)c2c1. The van der Waals surface area contributed by atoms with Gasteiger partial charge >= 0.3 is 0 Å². The summed E-state index contributed by atoms with van der Waals surface area (Å²) >= 11 is 0. The van der Waals surface area contributed by atoms with Crippen LogP contribution in [0.1, 0.15) is 108 Å². The molecule has 31 heavy (non-hydrogen) atoms. The van der Waals surface area contributed by atoms with Gasteiger partial charge in [0.05, 0.1) is 0 Å². The minimum absolute atomic E-state index is 0.173. The predicted octanol–water partition coefficient (Wildman–Crippen LogP) is 9.34. The Morgan fingerprint density at radius 1 is 0.774 bits per heavy atom. The number of hydrogen-bond donors (Lipinski definition) is 0. The van der Waals surface area contributed by atoms with Gasteiger partial charge in [0.25, 0.3) is 0 Å². The molecule has 0 heterocycles. The minimum atomic E-state index is -0.634. The Morgan fingerprint density at radius 2 is 1.45 bits per heavy atom. The van der Waals surface area contributed by atoms with Gasteiger partial charge in [-0.1, -0.05) is 58.1 Å². The third kappa shape index (κ3) is 5.15. The molecule has 2 fully saturated rings. The van der Waals surface area contributed by atoms with Crippen molar-refractivity contribution in [1.82, 2.24) is 0 Å². The molecule has 0 aliphatic heterocycles. The Labute approximate surface area is 187 Å². The van der Waals surface area contributed by atoms with Gasteiger partial charge in [0.15, 0.2) is 11.6 Å². The number of unbranched alkanes of at least 4 members (excludes halogenated alkanes) is 2. The molecule has 0 bridgehead atoms. The quantitative estimate of drug-likeness (QED) is 0.387. The van der Waals surface area contributed by atoms with Crippen LogP contribution in [-0.2, 0) is 6.42 Å². The molecule has 0 saturated heterocycles. The van der Waals surface area contributed by atoms with E-state index in [1.165, 1.54) is 57.8 Å². The summed E-state index contributed by atoms with van der Waals surface area (Å²) in [5.41, 5.74) is 1.74. The lowest BCUT2D eigenvalue weighted by Gasteiger charge is -2.38. The van der Waals surface area contributed by atoms with Crippen molar-refractivity contribution < 1.29 is 8.78 Å². The topological polar surface area (TPSA) is 0 Å². The highest BCUT2D eigenvalue weighted by molar-refractivity contribution is 5.85. The van der Waals surface area contributed by atoms with Gasteiger partial charge in [-0.25, -0.2) is 8.78 Å². The largest absolute Gasteiger partial charge is 0.203 e. The average Bonchev–Trinajstić information content (AvgIpc) is 2.82. The van der Waals surface area contributed by atoms with E-state index in [0.29, 0.717) is 10.9 Å². The van der Waals surface area contributed by atoms with Crippen molar-refractivity contribution in [2.75, 3.05) is 0 Å². The summed E-state index contributed by atoms with van der Waals surface area (Å²) in [4.78, 5) is 0. The number of fused-ring (bicyclic) bond motifs is 1. The molecule has 0 N–H and O–H groups in total. The standard InChI is InChI=1S/C29H40F2/c1-3-5-6-7-21-10-13-25-19-27(29(31)28(30)26(25)18-21)24-16-14-23(15-17-24)22-11-8-20(4-2)9-12-22/h10,13,18-20,22-24H,3-9,11-12,14-17H2,1-2H3. The number of rotatable bonds is 7. The monoisotopic (exact) mass is 426 g/mol. The Hall–Kier alpha value is -1.44. The van der Waals surface area contributed by atoms with Crippen LogP contribution in [0.15, 0.2) is 24.3 Å². The van der Waals surface area contributed by atoms with E-state index in [1.807, 2.05) is 18.2 Å². The fraction of sp³-hybridized carbons (Fsp3) is 0.655. The van der Waals surface area contributed by atoms with Crippen LogP contribution in [0.2, 0.25) is 0 Å². The molecule has 0 aromatic heterocycles. The molecule has 2 aliphatic rings. The molecule has 170 valence electrons. The third-order valence-corrected chi connectivity index (χ3v) is 8.53. The first-order valence-corrected chi connectivity index (χ1v) is 13.0. The summed E-state index contributed by atoms with van der Waals surface area (Å²) in [7, 11) is 0. The highest BCUT2D eigenvalue weighted by atomic mass is 19.2. The summed E-state index contributed by atoms with van der Waals surface area (Å²) < 4.78 is 30.2. The van der Waals surface area contributed by atoms with E-state index in [4.69, 9.17) is 0 Å². The molecule has 0 radical (unpaired) electrons. The van der Waals surface area contributed by atoms with Crippen LogP contribution in [0.3, 0.4) is 0 Å². The summed E-state index contributed by atoms with van der Waals surface area (Å²) in [6, 6.07) is 7.92. The molecule has 2 aliphatic carbocycles. The van der Waals surface area contributed by atoms with Crippen molar-refractivity contribution in [3.63, 3.8) is 0 Å². The van der Waals surface area contributed by atoms with Gasteiger partial charge in [-0.15, -0.1) is 0 Å². The maximum Gasteiger partial charge on any atom is 0.166 e. The van der Waals surface area contributed by atoms with Crippen LogP contribution in [0, 0.1) is 29.4 Å². The lowest BCUT2D eigenvalue weighted by atomic mass is 9.68. The zero-order chi connectivity index (χ0) is 21.8. The molecule has 0 spiro atoms. The molecule has 2 aromatic carbocycles. The van der Waals surface area contributed by atoms with Crippen LogP contribution in [-0.4, -0.2) is 0 Å². The lowest BCUT2D eigenvalue weighted by molar-refractivity contribution is 0.158. The average molecular weight is 427 g/mol. The van der Waals surface area contributed by atoms with Crippen molar-refractivity contribution >= 4 is 10.8 Å². The van der Waals surface area contributed by atoms with E-state index in [0.717, 1.165) is 54.4 Å². The van der Waals surface area contributed by atoms with Crippen molar-refractivity contribution in [2.45, 2.75) is 103 Å². The first-order valence-electron chi connectivity index (χ1n) is 13.0. The molecular formula is C29H40F2. The van der Waals surface area contributed by atoms with Crippen LogP contribution < -0.4 is 0 Å². The zero-order valence-electron chi connectivity index (χ0n) is 19.6. The Bertz CT molecular complexity index is 855. The Balaban J connectivity index is 1.44. The third-order valence-electron chi connectivity index (χ3n) is 8.53. The number of benzene rings is 2. The molecule has 0 nitrogen and oxygen atoms in total. The van der Waals surface area contributed by atoms with Gasteiger partial charge in [0.2, 0.25) is 0 Å². The van der Waals surface area contributed by atoms with Gasteiger partial charge < -0.3 is 0 Å². The second-order valence-corrected chi connectivity index (χ2v) is 10.4. The van der Waals surface area contributed by atoms with Crippen LogP contribution in [0.4, 0.5) is 8.78 Å². The van der Waals surface area contributed by atoms with Gasteiger partial charge in [-0.2, -0.15) is 0 Å². The van der Waals surface area contributed by atoms with E-state index in [9.17, 15) is 0 Å². The molecular weight excluding hydrogens is 386 g/mol. The van der Waals surface area contributed by atoms with Crippen molar-refractivity contribution in [2.24, 2.45) is 17.8 Å². The second kappa shape index (κ2) is 10.5. The summed E-state index contributed by atoms with van der Waals surface area (Å²) in [5.74, 6) is 1.55. The normalized spacial score (nSPS) is 27.0. The zero-order valence-corrected chi connectivity index (χ0v) is 19.6. The molecule has 0 amide bonds. The number of aryl methyl sites for hydroxylation is 1. The maximum atomic E-state index is 15.1. The predicted molar refractivity (Wildman–Crippen MR) is 128 cm³/mol. The minimum Gasteiger partial charge on any atom is -0.203 e. The Kier molecular flexibility index (Phi) is 7.67. The molecule has 0 unspecified atom stereocenters.